The molecule has 2 rings (SSSR count). The molecule has 0 aromatic rings. The fraction of sp³-hybridized carbons (Fsp3) is 0.516. The van der Waals surface area contributed by atoms with Crippen LogP contribution in [0.2, 0.25) is 0 Å². The molecule has 1 aliphatic heterocycles. The van der Waals surface area contributed by atoms with Gasteiger partial charge in [0.25, 0.3) is 5.91 Å². The SMILES string of the molecule is CNC1=C2C[C@H](C)C[C@H](OC)[C@H](O)[C@@H](C)/C=C(\COC(=O)CCl)[C@H](OC(N)=O)[C@@H](OC)/C=C\C=C(/C)C(=O)NC(=CC1=O)C2=O. The monoisotopic (exact) mass is 651 g/mol. The summed E-state index contributed by atoms with van der Waals surface area (Å²) in [4.78, 5) is 63.2. The molecule has 0 saturated heterocycles. The lowest BCUT2D eigenvalue weighted by molar-refractivity contribution is -0.140. The predicted octanol–water partition coefficient (Wildman–Crippen LogP) is 1.74. The number of carbonyl (C=O) groups excluding carboxylic acids is 5. The number of alkyl halides is 1. The van der Waals surface area contributed by atoms with Gasteiger partial charge in [-0.15, -0.1) is 11.6 Å². The van der Waals surface area contributed by atoms with Crippen molar-refractivity contribution in [3.63, 3.8) is 0 Å². The first-order valence-electron chi connectivity index (χ1n) is 14.3. The summed E-state index contributed by atoms with van der Waals surface area (Å²) in [5.74, 6) is -3.69. The minimum Gasteiger partial charge on any atom is -0.460 e. The van der Waals surface area contributed by atoms with Crippen molar-refractivity contribution in [3.8, 4) is 0 Å². The molecule has 5 N–H and O–H groups in total. The van der Waals surface area contributed by atoms with Crippen molar-refractivity contribution >= 4 is 41.1 Å². The van der Waals surface area contributed by atoms with Crippen LogP contribution in [0.1, 0.15) is 33.6 Å². The number of carbonyl (C=O) groups is 5. The minimum absolute atomic E-state index is 0.124. The number of aliphatic hydroxyl groups excluding tert-OH is 1. The highest BCUT2D eigenvalue weighted by atomic mass is 35.5. The normalized spacial score (nSPS) is 30.2. The molecule has 248 valence electrons. The number of aliphatic hydroxyl groups is 1. The first kappa shape index (κ1) is 37.4. The predicted molar refractivity (Wildman–Crippen MR) is 165 cm³/mol. The van der Waals surface area contributed by atoms with Crippen molar-refractivity contribution in [1.82, 2.24) is 10.6 Å². The van der Waals surface area contributed by atoms with Crippen molar-refractivity contribution in [2.75, 3.05) is 33.8 Å². The van der Waals surface area contributed by atoms with E-state index in [9.17, 15) is 29.1 Å². The van der Waals surface area contributed by atoms with Gasteiger partial charge in [0.2, 0.25) is 11.6 Å². The Morgan fingerprint density at radius 3 is 2.44 bits per heavy atom. The number of amides is 2. The Balaban J connectivity index is 2.69. The zero-order valence-electron chi connectivity index (χ0n) is 26.3. The summed E-state index contributed by atoms with van der Waals surface area (Å²) < 4.78 is 21.8. The third-order valence-corrected chi connectivity index (χ3v) is 7.64. The van der Waals surface area contributed by atoms with Crippen LogP contribution in [0.25, 0.3) is 0 Å². The lowest BCUT2D eigenvalue weighted by Crippen LogP contribution is -2.39. The molecule has 0 fully saturated rings. The van der Waals surface area contributed by atoms with Crippen molar-refractivity contribution in [1.29, 1.82) is 0 Å². The van der Waals surface area contributed by atoms with Crippen LogP contribution in [0.5, 0.6) is 0 Å². The molecule has 0 aromatic carbocycles. The van der Waals surface area contributed by atoms with Gasteiger partial charge in [-0.3, -0.25) is 19.2 Å². The molecular formula is C31H42ClN3O10. The highest BCUT2D eigenvalue weighted by Gasteiger charge is 2.34. The van der Waals surface area contributed by atoms with Gasteiger partial charge in [0.15, 0.2) is 6.10 Å². The number of likely N-dealkylation sites (N-methyl/N-ethyl adjacent to an activating group) is 1. The maximum atomic E-state index is 13.5. The van der Waals surface area contributed by atoms with Crippen LogP contribution in [-0.2, 0) is 38.1 Å². The second kappa shape index (κ2) is 17.6. The number of primary amides is 1. The van der Waals surface area contributed by atoms with E-state index >= 15 is 0 Å². The molecule has 45 heavy (non-hydrogen) atoms. The van der Waals surface area contributed by atoms with Crippen LogP contribution in [0.4, 0.5) is 4.79 Å². The Bertz CT molecular complexity index is 1300. The number of Topliss-reactive ketones (excluding diaryl/α,β-unsaturated/α-hetero) is 1. The number of nitrogens with two attached hydrogens (primary N) is 1. The fourth-order valence-electron chi connectivity index (χ4n) is 5.05. The smallest absolute Gasteiger partial charge is 0.405 e. The van der Waals surface area contributed by atoms with E-state index in [1.54, 1.807) is 13.0 Å². The van der Waals surface area contributed by atoms with Gasteiger partial charge >= 0.3 is 12.1 Å². The van der Waals surface area contributed by atoms with Crippen LogP contribution in [0.3, 0.4) is 0 Å². The van der Waals surface area contributed by atoms with E-state index in [-0.39, 0.29) is 53.5 Å². The number of esters is 1. The van der Waals surface area contributed by atoms with Crippen LogP contribution >= 0.6 is 11.6 Å². The van der Waals surface area contributed by atoms with Crippen molar-refractivity contribution < 1.29 is 48.0 Å². The average molecular weight is 652 g/mol. The molecule has 0 spiro atoms. The zero-order valence-corrected chi connectivity index (χ0v) is 27.0. The van der Waals surface area contributed by atoms with Gasteiger partial charge in [-0.05, 0) is 25.7 Å². The standard InChI is InChI=1S/C31H42ClN3O10/c1-16-10-20-26(34-4)22(36)13-21(28(20)39)35-30(40)17(2)8-7-9-23(42-5)29(45-31(33)41)19(15-44-25(37)14-32)12-18(3)27(38)24(11-16)43-6/h7-9,12-13,16,18,23-24,27,29,34,38H,10-11,14-15H2,1-6H3,(H2,33,41)(H,35,40)/b9-7-,17-8+,19-12+/t16-,18-,23-,24-,27+,29-/m0/s1. The Kier molecular flexibility index (Phi) is 14.7. The molecule has 14 heteroatoms. The van der Waals surface area contributed by atoms with Gasteiger partial charge in [-0.1, -0.05) is 38.2 Å². The number of halogens is 1. The zero-order chi connectivity index (χ0) is 33.8. The number of hydrogen-bond donors (Lipinski definition) is 4. The number of ketones is 2. The Labute approximate surface area is 267 Å². The third kappa shape index (κ3) is 10.4. The molecular weight excluding hydrogens is 610 g/mol. The summed E-state index contributed by atoms with van der Waals surface area (Å²) in [6, 6.07) is 0. The summed E-state index contributed by atoms with van der Waals surface area (Å²) in [5.41, 5.74) is 5.95. The van der Waals surface area contributed by atoms with E-state index in [0.717, 1.165) is 6.08 Å². The van der Waals surface area contributed by atoms with E-state index in [0.29, 0.717) is 0 Å². The van der Waals surface area contributed by atoms with E-state index in [1.165, 1.54) is 46.4 Å². The molecule has 2 aliphatic rings. The maximum absolute atomic E-state index is 13.5. The highest BCUT2D eigenvalue weighted by molar-refractivity contribution is 6.26. The summed E-state index contributed by atoms with van der Waals surface area (Å²) in [6.45, 7) is 4.66. The summed E-state index contributed by atoms with van der Waals surface area (Å²) in [5, 5.41) is 16.7. The molecule has 0 unspecified atom stereocenters. The fourth-order valence-corrected chi connectivity index (χ4v) is 5.13. The molecule has 2 bridgehead atoms. The van der Waals surface area contributed by atoms with Gasteiger partial charge in [0.05, 0.1) is 23.6 Å². The summed E-state index contributed by atoms with van der Waals surface area (Å²) in [7, 11) is 4.31. The van der Waals surface area contributed by atoms with Crippen molar-refractivity contribution in [2.45, 2.75) is 58.0 Å². The second-order valence-corrected chi connectivity index (χ2v) is 11.1. The summed E-state index contributed by atoms with van der Waals surface area (Å²) >= 11 is 5.61. The second-order valence-electron chi connectivity index (χ2n) is 10.8. The maximum Gasteiger partial charge on any atom is 0.405 e. The topological polar surface area (TPSA) is 193 Å². The lowest BCUT2D eigenvalue weighted by Gasteiger charge is -2.30. The van der Waals surface area contributed by atoms with Gasteiger partial charge in [0.1, 0.15) is 18.6 Å². The number of rotatable bonds is 7. The lowest BCUT2D eigenvalue weighted by atomic mass is 9.85. The quantitative estimate of drug-likeness (QED) is 0.136. The van der Waals surface area contributed by atoms with E-state index in [4.69, 9.17) is 36.3 Å². The molecule has 0 saturated carbocycles. The number of nitrogens with one attached hydrogen (secondary N) is 2. The van der Waals surface area contributed by atoms with E-state index in [2.05, 4.69) is 10.6 Å². The minimum atomic E-state index is -1.22. The van der Waals surface area contributed by atoms with E-state index in [1.807, 2.05) is 6.92 Å². The number of fused-ring (bicyclic) bond motifs is 2. The molecule has 0 radical (unpaired) electrons. The first-order valence-corrected chi connectivity index (χ1v) is 14.8. The molecule has 6 atom stereocenters. The Morgan fingerprint density at radius 2 is 1.87 bits per heavy atom. The molecule has 0 aromatic heterocycles. The number of allylic oxidation sites excluding steroid dienone is 4. The molecule has 13 nitrogen and oxygen atoms in total. The van der Waals surface area contributed by atoms with Gasteiger partial charge in [-0.25, -0.2) is 4.79 Å². The number of ether oxygens (including phenoxy) is 4. The molecule has 2 amide bonds. The van der Waals surface area contributed by atoms with E-state index < -0.39 is 65.7 Å². The largest absolute Gasteiger partial charge is 0.460 e. The van der Waals surface area contributed by atoms with Crippen LogP contribution in [0.15, 0.2) is 58.5 Å². The van der Waals surface area contributed by atoms with Gasteiger partial charge in [-0.2, -0.15) is 0 Å². The highest BCUT2D eigenvalue weighted by Crippen LogP contribution is 2.29. The third-order valence-electron chi connectivity index (χ3n) is 7.42. The van der Waals surface area contributed by atoms with Crippen LogP contribution in [-0.4, -0.2) is 92.8 Å². The van der Waals surface area contributed by atoms with Crippen LogP contribution < -0.4 is 16.4 Å². The van der Waals surface area contributed by atoms with Crippen LogP contribution in [0, 0.1) is 11.8 Å². The summed E-state index contributed by atoms with van der Waals surface area (Å²) in [6.07, 6.45) is 2.21. The Hall–Kier alpha value is -3.78. The van der Waals surface area contributed by atoms with Crippen molar-refractivity contribution in [2.24, 2.45) is 17.6 Å². The van der Waals surface area contributed by atoms with Crippen molar-refractivity contribution in [3.05, 3.63) is 58.5 Å². The molecule has 1 aliphatic carbocycles. The first-order chi connectivity index (χ1) is 21.3. The van der Waals surface area contributed by atoms with Gasteiger partial charge < -0.3 is 40.4 Å². The van der Waals surface area contributed by atoms with Gasteiger partial charge in [0, 0.05) is 50.0 Å². The number of hydrogen-bond acceptors (Lipinski definition) is 11. The molecule has 1 heterocycles. The average Bonchev–Trinajstić information content (AvgIpc) is 3.00. The Morgan fingerprint density at radius 1 is 1.18 bits per heavy atom. The number of methoxy groups -OCH3 is 2.